The molecule has 2 nitrogen and oxygen atoms in total. The zero-order valence-corrected chi connectivity index (χ0v) is 10.7. The lowest BCUT2D eigenvalue weighted by molar-refractivity contribution is 1.00. The molecule has 0 fully saturated rings. The molecular formula is C17H16N2. The van der Waals surface area contributed by atoms with Crippen LogP contribution >= 0.6 is 0 Å². The van der Waals surface area contributed by atoms with Crippen molar-refractivity contribution < 1.29 is 0 Å². The zero-order valence-electron chi connectivity index (χ0n) is 10.7. The fraction of sp³-hybridized carbons (Fsp3) is 0.118. The molecule has 2 N–H and O–H groups in total. The Hall–Kier alpha value is -2.19. The van der Waals surface area contributed by atoms with Crippen molar-refractivity contribution >= 4 is 10.8 Å². The van der Waals surface area contributed by atoms with E-state index in [1.54, 1.807) is 0 Å². The minimum absolute atomic E-state index is 0.475. The molecule has 0 bridgehead atoms. The molecule has 19 heavy (non-hydrogen) atoms. The van der Waals surface area contributed by atoms with Gasteiger partial charge in [0.15, 0.2) is 0 Å². The van der Waals surface area contributed by atoms with E-state index in [2.05, 4.69) is 47.4 Å². The van der Waals surface area contributed by atoms with E-state index in [1.807, 2.05) is 18.3 Å². The third-order valence-electron chi connectivity index (χ3n) is 3.39. The molecule has 0 spiro atoms. The van der Waals surface area contributed by atoms with E-state index < -0.39 is 0 Å². The molecule has 94 valence electrons. The second-order valence-electron chi connectivity index (χ2n) is 4.64. The number of pyridine rings is 1. The van der Waals surface area contributed by atoms with Gasteiger partial charge in [-0.05, 0) is 29.0 Å². The molecule has 0 aliphatic rings. The van der Waals surface area contributed by atoms with Crippen molar-refractivity contribution in [2.45, 2.75) is 13.0 Å². The van der Waals surface area contributed by atoms with Crippen LogP contribution in [0, 0.1) is 0 Å². The van der Waals surface area contributed by atoms with Crippen LogP contribution in [0.2, 0.25) is 0 Å². The van der Waals surface area contributed by atoms with E-state index >= 15 is 0 Å². The SMILES string of the molecule is NCc1nccc2cccc(Cc3ccccc3)c12. The van der Waals surface area contributed by atoms with Gasteiger partial charge in [-0.2, -0.15) is 0 Å². The molecule has 0 saturated carbocycles. The van der Waals surface area contributed by atoms with Gasteiger partial charge >= 0.3 is 0 Å². The molecule has 0 saturated heterocycles. The number of benzene rings is 2. The van der Waals surface area contributed by atoms with Crippen molar-refractivity contribution in [3.63, 3.8) is 0 Å². The monoisotopic (exact) mass is 248 g/mol. The van der Waals surface area contributed by atoms with Crippen LogP contribution < -0.4 is 5.73 Å². The highest BCUT2D eigenvalue weighted by atomic mass is 14.7. The summed E-state index contributed by atoms with van der Waals surface area (Å²) in [5, 5.41) is 2.42. The summed E-state index contributed by atoms with van der Waals surface area (Å²) in [6.07, 6.45) is 2.74. The highest BCUT2D eigenvalue weighted by Gasteiger charge is 2.06. The second kappa shape index (κ2) is 5.21. The number of nitrogens with zero attached hydrogens (tertiary/aromatic N) is 1. The Labute approximate surface area is 112 Å². The standard InChI is InChI=1S/C17H16N2/c18-12-16-17-14(9-10-19-16)7-4-8-15(17)11-13-5-2-1-3-6-13/h1-10H,11-12,18H2. The predicted octanol–water partition coefficient (Wildman–Crippen LogP) is 3.28. The Morgan fingerprint density at radius 1 is 0.895 bits per heavy atom. The van der Waals surface area contributed by atoms with Crippen molar-refractivity contribution in [2.24, 2.45) is 5.73 Å². The highest BCUT2D eigenvalue weighted by molar-refractivity contribution is 5.87. The molecule has 1 heterocycles. The minimum atomic E-state index is 0.475. The first-order chi connectivity index (χ1) is 9.38. The first-order valence-electron chi connectivity index (χ1n) is 6.48. The number of aromatic nitrogens is 1. The van der Waals surface area contributed by atoms with Gasteiger partial charge in [-0.15, -0.1) is 0 Å². The number of fused-ring (bicyclic) bond motifs is 1. The third-order valence-corrected chi connectivity index (χ3v) is 3.39. The second-order valence-corrected chi connectivity index (χ2v) is 4.64. The molecule has 0 atom stereocenters. The lowest BCUT2D eigenvalue weighted by Crippen LogP contribution is -2.02. The zero-order chi connectivity index (χ0) is 13.1. The van der Waals surface area contributed by atoms with Gasteiger partial charge in [-0.25, -0.2) is 0 Å². The maximum absolute atomic E-state index is 5.82. The van der Waals surface area contributed by atoms with Gasteiger partial charge in [0.1, 0.15) is 0 Å². The predicted molar refractivity (Wildman–Crippen MR) is 78.9 cm³/mol. The van der Waals surface area contributed by atoms with Crippen LogP contribution in [0.5, 0.6) is 0 Å². The number of hydrogen-bond donors (Lipinski definition) is 1. The minimum Gasteiger partial charge on any atom is -0.325 e. The van der Waals surface area contributed by atoms with E-state index in [4.69, 9.17) is 5.73 Å². The first kappa shape index (κ1) is 11.9. The van der Waals surface area contributed by atoms with Crippen LogP contribution in [0.4, 0.5) is 0 Å². The number of rotatable bonds is 3. The summed E-state index contributed by atoms with van der Waals surface area (Å²) in [6.45, 7) is 0.475. The largest absolute Gasteiger partial charge is 0.325 e. The van der Waals surface area contributed by atoms with Gasteiger partial charge in [0.05, 0.1) is 5.69 Å². The van der Waals surface area contributed by atoms with Crippen molar-refractivity contribution in [3.05, 3.63) is 77.6 Å². The van der Waals surface area contributed by atoms with Gasteiger partial charge in [0.2, 0.25) is 0 Å². The maximum Gasteiger partial charge on any atom is 0.0620 e. The molecule has 2 aromatic carbocycles. The molecule has 0 radical (unpaired) electrons. The van der Waals surface area contributed by atoms with E-state index in [-0.39, 0.29) is 0 Å². The molecular weight excluding hydrogens is 232 g/mol. The van der Waals surface area contributed by atoms with Gasteiger partial charge in [0.25, 0.3) is 0 Å². The Morgan fingerprint density at radius 3 is 2.53 bits per heavy atom. The van der Waals surface area contributed by atoms with Crippen LogP contribution in [0.3, 0.4) is 0 Å². The normalized spacial score (nSPS) is 10.8. The molecule has 0 unspecified atom stereocenters. The van der Waals surface area contributed by atoms with Gasteiger partial charge in [0, 0.05) is 18.1 Å². The van der Waals surface area contributed by atoms with Crippen LogP contribution in [0.25, 0.3) is 10.8 Å². The van der Waals surface area contributed by atoms with Crippen molar-refractivity contribution in [1.29, 1.82) is 0 Å². The summed E-state index contributed by atoms with van der Waals surface area (Å²) < 4.78 is 0. The van der Waals surface area contributed by atoms with Crippen molar-refractivity contribution in [2.75, 3.05) is 0 Å². The average Bonchev–Trinajstić information content (AvgIpc) is 2.48. The Morgan fingerprint density at radius 2 is 1.74 bits per heavy atom. The fourth-order valence-corrected chi connectivity index (χ4v) is 2.50. The molecule has 1 aromatic heterocycles. The smallest absolute Gasteiger partial charge is 0.0620 e. The number of hydrogen-bond acceptors (Lipinski definition) is 2. The van der Waals surface area contributed by atoms with E-state index in [1.165, 1.54) is 21.9 Å². The summed E-state index contributed by atoms with van der Waals surface area (Å²) in [5.74, 6) is 0. The molecule has 3 aromatic rings. The summed E-state index contributed by atoms with van der Waals surface area (Å²) >= 11 is 0. The quantitative estimate of drug-likeness (QED) is 0.772. The van der Waals surface area contributed by atoms with Crippen LogP contribution in [-0.4, -0.2) is 4.98 Å². The summed E-state index contributed by atoms with van der Waals surface area (Å²) in [4.78, 5) is 4.40. The summed E-state index contributed by atoms with van der Waals surface area (Å²) in [5.41, 5.74) is 9.39. The fourth-order valence-electron chi connectivity index (χ4n) is 2.50. The average molecular weight is 248 g/mol. The van der Waals surface area contributed by atoms with Crippen LogP contribution in [-0.2, 0) is 13.0 Å². The summed E-state index contributed by atoms with van der Waals surface area (Å²) in [7, 11) is 0. The highest BCUT2D eigenvalue weighted by Crippen LogP contribution is 2.23. The topological polar surface area (TPSA) is 38.9 Å². The molecule has 0 aliphatic heterocycles. The van der Waals surface area contributed by atoms with Crippen molar-refractivity contribution in [3.8, 4) is 0 Å². The Balaban J connectivity index is 2.13. The van der Waals surface area contributed by atoms with Gasteiger partial charge < -0.3 is 5.73 Å². The van der Waals surface area contributed by atoms with Gasteiger partial charge in [-0.1, -0.05) is 48.5 Å². The summed E-state index contributed by atoms with van der Waals surface area (Å²) in [6, 6.07) is 18.9. The van der Waals surface area contributed by atoms with E-state index in [0.717, 1.165) is 12.1 Å². The molecule has 0 amide bonds. The molecule has 3 rings (SSSR count). The molecule has 0 aliphatic carbocycles. The lowest BCUT2D eigenvalue weighted by Gasteiger charge is -2.10. The van der Waals surface area contributed by atoms with Crippen LogP contribution in [0.1, 0.15) is 16.8 Å². The first-order valence-corrected chi connectivity index (χ1v) is 6.48. The van der Waals surface area contributed by atoms with E-state index in [9.17, 15) is 0 Å². The maximum atomic E-state index is 5.82. The lowest BCUT2D eigenvalue weighted by atomic mass is 9.97. The van der Waals surface area contributed by atoms with E-state index in [0.29, 0.717) is 6.54 Å². The number of nitrogens with two attached hydrogens (primary N) is 1. The Bertz CT molecular complexity index is 685. The Kier molecular flexibility index (Phi) is 3.25. The molecule has 2 heteroatoms. The van der Waals surface area contributed by atoms with Crippen molar-refractivity contribution in [1.82, 2.24) is 4.98 Å². The van der Waals surface area contributed by atoms with Crippen LogP contribution in [0.15, 0.2) is 60.8 Å². The third kappa shape index (κ3) is 2.35. The van der Waals surface area contributed by atoms with Gasteiger partial charge in [-0.3, -0.25) is 4.98 Å².